The lowest BCUT2D eigenvalue weighted by Gasteiger charge is -2.06. The second-order valence-electron chi connectivity index (χ2n) is 4.75. The smallest absolute Gasteiger partial charge is 0.164 e. The molecule has 0 aliphatic rings. The third-order valence-electron chi connectivity index (χ3n) is 3.22. The largest absolute Gasteiger partial charge is 0.497 e. The summed E-state index contributed by atoms with van der Waals surface area (Å²) in [6.45, 7) is 1.99. The van der Waals surface area contributed by atoms with Crippen molar-refractivity contribution >= 4 is 21.7 Å². The number of hydrogen-bond donors (Lipinski definition) is 0. The van der Waals surface area contributed by atoms with E-state index in [0.717, 1.165) is 33.3 Å². The van der Waals surface area contributed by atoms with Crippen molar-refractivity contribution in [2.75, 3.05) is 7.11 Å². The average molecular weight is 333 g/mol. The minimum Gasteiger partial charge on any atom is -0.497 e. The molecular weight excluding hydrogens is 316 g/mol. The van der Waals surface area contributed by atoms with Crippen molar-refractivity contribution in [3.63, 3.8) is 0 Å². The molecule has 0 amide bonds. The van der Waals surface area contributed by atoms with Gasteiger partial charge in [0.05, 0.1) is 7.11 Å². The van der Waals surface area contributed by atoms with Crippen molar-refractivity contribution in [1.29, 1.82) is 0 Å². The van der Waals surface area contributed by atoms with Gasteiger partial charge in [0.15, 0.2) is 5.78 Å². The van der Waals surface area contributed by atoms with Gasteiger partial charge in [0.1, 0.15) is 5.75 Å². The molecule has 0 bridgehead atoms. The molecule has 2 aromatic carbocycles. The van der Waals surface area contributed by atoms with Crippen LogP contribution in [0.2, 0.25) is 0 Å². The Morgan fingerprint density at radius 3 is 2.50 bits per heavy atom. The number of ether oxygens (including phenoxy) is 1. The van der Waals surface area contributed by atoms with E-state index >= 15 is 0 Å². The van der Waals surface area contributed by atoms with Crippen LogP contribution in [0.1, 0.15) is 27.9 Å². The summed E-state index contributed by atoms with van der Waals surface area (Å²) in [5.74, 6) is 0.998. The number of carbonyl (C=O) groups excluding carboxylic acids is 1. The SMILES string of the molecule is COc1ccc(CCC(=O)c2cc(C)ccc2Br)cc1. The van der Waals surface area contributed by atoms with Crippen LogP contribution in [0.4, 0.5) is 0 Å². The second-order valence-corrected chi connectivity index (χ2v) is 5.61. The lowest BCUT2D eigenvalue weighted by Crippen LogP contribution is -2.02. The zero-order valence-electron chi connectivity index (χ0n) is 11.7. The van der Waals surface area contributed by atoms with Crippen LogP contribution in [0, 0.1) is 6.92 Å². The van der Waals surface area contributed by atoms with E-state index in [4.69, 9.17) is 4.74 Å². The summed E-state index contributed by atoms with van der Waals surface area (Å²) in [6.07, 6.45) is 1.25. The van der Waals surface area contributed by atoms with E-state index in [-0.39, 0.29) is 5.78 Å². The first kappa shape index (κ1) is 14.8. The minimum atomic E-state index is 0.163. The number of carbonyl (C=O) groups is 1. The van der Waals surface area contributed by atoms with Crippen molar-refractivity contribution in [3.8, 4) is 5.75 Å². The van der Waals surface area contributed by atoms with Crippen molar-refractivity contribution in [2.45, 2.75) is 19.8 Å². The monoisotopic (exact) mass is 332 g/mol. The van der Waals surface area contributed by atoms with Gasteiger partial charge in [-0.15, -0.1) is 0 Å². The lowest BCUT2D eigenvalue weighted by atomic mass is 10.0. The molecule has 0 fully saturated rings. The van der Waals surface area contributed by atoms with Crippen LogP contribution in [0.15, 0.2) is 46.9 Å². The van der Waals surface area contributed by atoms with Gasteiger partial charge in [-0.2, -0.15) is 0 Å². The van der Waals surface area contributed by atoms with Gasteiger partial charge in [0.2, 0.25) is 0 Å². The third kappa shape index (κ3) is 3.70. The molecule has 20 heavy (non-hydrogen) atoms. The predicted octanol–water partition coefficient (Wildman–Crippen LogP) is 4.58. The van der Waals surface area contributed by atoms with Gasteiger partial charge >= 0.3 is 0 Å². The molecule has 0 saturated carbocycles. The molecule has 0 spiro atoms. The van der Waals surface area contributed by atoms with Crippen molar-refractivity contribution in [2.24, 2.45) is 0 Å². The van der Waals surface area contributed by atoms with Gasteiger partial charge in [-0.1, -0.05) is 39.7 Å². The van der Waals surface area contributed by atoms with E-state index in [2.05, 4.69) is 15.9 Å². The Bertz CT molecular complexity index is 603. The Kier molecular flexibility index (Phi) is 4.96. The van der Waals surface area contributed by atoms with Crippen molar-refractivity contribution in [1.82, 2.24) is 0 Å². The molecule has 104 valence electrons. The summed E-state index contributed by atoms with van der Waals surface area (Å²) >= 11 is 3.44. The normalized spacial score (nSPS) is 10.3. The Hall–Kier alpha value is -1.61. The fraction of sp³-hybridized carbons (Fsp3) is 0.235. The molecule has 0 aliphatic heterocycles. The van der Waals surface area contributed by atoms with Crippen molar-refractivity contribution < 1.29 is 9.53 Å². The fourth-order valence-corrected chi connectivity index (χ4v) is 2.51. The van der Waals surface area contributed by atoms with E-state index < -0.39 is 0 Å². The molecule has 0 atom stereocenters. The fourth-order valence-electron chi connectivity index (χ4n) is 2.04. The zero-order valence-corrected chi connectivity index (χ0v) is 13.2. The highest BCUT2D eigenvalue weighted by atomic mass is 79.9. The maximum Gasteiger partial charge on any atom is 0.164 e. The summed E-state index contributed by atoms with van der Waals surface area (Å²) in [5.41, 5.74) is 3.00. The van der Waals surface area contributed by atoms with E-state index in [9.17, 15) is 4.79 Å². The first-order valence-corrected chi connectivity index (χ1v) is 7.31. The van der Waals surface area contributed by atoms with Gasteiger partial charge < -0.3 is 4.74 Å². The van der Waals surface area contributed by atoms with E-state index in [1.165, 1.54) is 0 Å². The van der Waals surface area contributed by atoms with Crippen LogP contribution >= 0.6 is 15.9 Å². The summed E-state index contributed by atoms with van der Waals surface area (Å²) in [6, 6.07) is 13.7. The number of Topliss-reactive ketones (excluding diaryl/α,β-unsaturated/α-hetero) is 1. The molecular formula is C17H17BrO2. The van der Waals surface area contributed by atoms with Crippen LogP contribution in [0.25, 0.3) is 0 Å². The molecule has 0 aliphatic carbocycles. The number of ketones is 1. The molecule has 2 nitrogen and oxygen atoms in total. The number of hydrogen-bond acceptors (Lipinski definition) is 2. The maximum atomic E-state index is 12.3. The Balaban J connectivity index is 2.02. The summed E-state index contributed by atoms with van der Waals surface area (Å²) in [4.78, 5) is 12.3. The van der Waals surface area contributed by atoms with Gasteiger partial charge in [-0.05, 0) is 43.2 Å². The molecule has 0 saturated heterocycles. The second kappa shape index (κ2) is 6.71. The molecule has 0 N–H and O–H groups in total. The quantitative estimate of drug-likeness (QED) is 0.749. The Morgan fingerprint density at radius 1 is 1.15 bits per heavy atom. The topological polar surface area (TPSA) is 26.3 Å². The van der Waals surface area contributed by atoms with E-state index in [0.29, 0.717) is 6.42 Å². The number of aryl methyl sites for hydroxylation is 2. The van der Waals surface area contributed by atoms with Crippen molar-refractivity contribution in [3.05, 3.63) is 63.6 Å². The molecule has 3 heteroatoms. The average Bonchev–Trinajstić information content (AvgIpc) is 2.47. The number of halogens is 1. The molecule has 2 aromatic rings. The number of benzene rings is 2. The third-order valence-corrected chi connectivity index (χ3v) is 3.91. The maximum absolute atomic E-state index is 12.3. The molecule has 2 rings (SSSR count). The molecule has 0 radical (unpaired) electrons. The molecule has 0 unspecified atom stereocenters. The van der Waals surface area contributed by atoms with E-state index in [1.807, 2.05) is 49.4 Å². The standard InChI is InChI=1S/C17H17BrO2/c1-12-3-9-16(18)15(11-12)17(19)10-6-13-4-7-14(20-2)8-5-13/h3-5,7-9,11H,6,10H2,1-2H3. The van der Waals surface area contributed by atoms with Crippen LogP contribution < -0.4 is 4.74 Å². The summed E-state index contributed by atoms with van der Waals surface area (Å²) in [7, 11) is 1.65. The highest BCUT2D eigenvalue weighted by Gasteiger charge is 2.10. The highest BCUT2D eigenvalue weighted by molar-refractivity contribution is 9.10. The number of methoxy groups -OCH3 is 1. The first-order chi connectivity index (χ1) is 9.60. The van der Waals surface area contributed by atoms with Crippen LogP contribution in [-0.2, 0) is 6.42 Å². The predicted molar refractivity (Wildman–Crippen MR) is 84.5 cm³/mol. The molecule has 0 aromatic heterocycles. The highest BCUT2D eigenvalue weighted by Crippen LogP contribution is 2.21. The van der Waals surface area contributed by atoms with Gasteiger partial charge in [0.25, 0.3) is 0 Å². The van der Waals surface area contributed by atoms with Crippen LogP contribution in [0.3, 0.4) is 0 Å². The Morgan fingerprint density at radius 2 is 1.85 bits per heavy atom. The zero-order chi connectivity index (χ0) is 14.5. The number of rotatable bonds is 5. The van der Waals surface area contributed by atoms with E-state index in [1.54, 1.807) is 7.11 Å². The minimum absolute atomic E-state index is 0.163. The Labute approximate surface area is 127 Å². The van der Waals surface area contributed by atoms with Crippen LogP contribution in [-0.4, -0.2) is 12.9 Å². The summed E-state index contributed by atoms with van der Waals surface area (Å²) < 4.78 is 5.98. The van der Waals surface area contributed by atoms with Gasteiger partial charge in [-0.25, -0.2) is 0 Å². The van der Waals surface area contributed by atoms with Crippen LogP contribution in [0.5, 0.6) is 5.75 Å². The van der Waals surface area contributed by atoms with Gasteiger partial charge in [-0.3, -0.25) is 4.79 Å². The first-order valence-electron chi connectivity index (χ1n) is 6.52. The lowest BCUT2D eigenvalue weighted by molar-refractivity contribution is 0.0982. The summed E-state index contributed by atoms with van der Waals surface area (Å²) in [5, 5.41) is 0. The molecule has 0 heterocycles. The van der Waals surface area contributed by atoms with Gasteiger partial charge in [0, 0.05) is 16.5 Å².